The van der Waals surface area contributed by atoms with Crippen LogP contribution < -0.4 is 0 Å². The monoisotopic (exact) mass is 198 g/mol. The number of unbranched alkanes of at least 4 members (excludes halogenated alkanes) is 2. The Morgan fingerprint density at radius 3 is 2.77 bits per heavy atom. The molecule has 0 aliphatic heterocycles. The lowest BCUT2D eigenvalue weighted by Crippen LogP contribution is -2.09. The normalized spacial score (nSPS) is 27.5. The summed E-state index contributed by atoms with van der Waals surface area (Å²) in [6, 6.07) is 0. The zero-order valence-corrected chi connectivity index (χ0v) is 9.35. The van der Waals surface area contributed by atoms with Crippen LogP contribution in [-0.4, -0.2) is 0 Å². The molecule has 0 N–H and O–H groups in total. The molecule has 2 unspecified atom stereocenters. The second-order valence-electron chi connectivity index (χ2n) is 3.93. The molecule has 0 aromatic heterocycles. The average molecular weight is 199 g/mol. The molecule has 1 rings (SSSR count). The van der Waals surface area contributed by atoms with E-state index >= 15 is 0 Å². The Morgan fingerprint density at radius 1 is 1.38 bits per heavy atom. The lowest BCUT2D eigenvalue weighted by atomic mass is 9.86. The van der Waals surface area contributed by atoms with Gasteiger partial charge in [-0.15, -0.1) is 0 Å². The second-order valence-corrected chi connectivity index (χ2v) is 4.37. The Hall–Kier alpha value is -0.230. The molecule has 0 saturated carbocycles. The van der Waals surface area contributed by atoms with Gasteiger partial charge in [0.1, 0.15) is 0 Å². The zero-order chi connectivity index (χ0) is 9.68. The lowest BCUT2D eigenvalue weighted by molar-refractivity contribution is 0.447. The van der Waals surface area contributed by atoms with Crippen LogP contribution in [0.25, 0.3) is 0 Å². The summed E-state index contributed by atoms with van der Waals surface area (Å²) in [5.74, 6) is 1.34. The van der Waals surface area contributed by atoms with Crippen molar-refractivity contribution in [2.45, 2.75) is 39.5 Å². The van der Waals surface area contributed by atoms with Gasteiger partial charge in [0.05, 0.1) is 0 Å². The quantitative estimate of drug-likeness (QED) is 0.583. The molecule has 2 atom stereocenters. The van der Waals surface area contributed by atoms with Crippen LogP contribution >= 0.6 is 11.6 Å². The molecule has 0 aromatic carbocycles. The molecule has 0 nitrogen and oxygen atoms in total. The highest BCUT2D eigenvalue weighted by Crippen LogP contribution is 2.28. The molecule has 0 spiro atoms. The molecule has 0 aromatic rings. The van der Waals surface area contributed by atoms with Gasteiger partial charge in [0.2, 0.25) is 0 Å². The van der Waals surface area contributed by atoms with Crippen LogP contribution in [0.1, 0.15) is 39.5 Å². The van der Waals surface area contributed by atoms with E-state index in [1.807, 2.05) is 6.08 Å². The van der Waals surface area contributed by atoms with Crippen LogP contribution in [0.5, 0.6) is 0 Å². The van der Waals surface area contributed by atoms with Crippen molar-refractivity contribution in [2.24, 2.45) is 11.8 Å². The molecule has 1 heteroatoms. The molecule has 0 heterocycles. The highest BCUT2D eigenvalue weighted by molar-refractivity contribution is 6.31. The van der Waals surface area contributed by atoms with E-state index in [4.69, 9.17) is 11.6 Å². The Labute approximate surface area is 86.7 Å². The summed E-state index contributed by atoms with van der Waals surface area (Å²) in [5, 5.41) is 0.902. The van der Waals surface area contributed by atoms with E-state index in [9.17, 15) is 0 Å². The maximum absolute atomic E-state index is 5.91. The van der Waals surface area contributed by atoms with Crippen molar-refractivity contribution in [1.82, 2.24) is 0 Å². The smallest absolute Gasteiger partial charge is 0.0365 e. The molecular formula is C12H19Cl. The molecule has 74 valence electrons. The van der Waals surface area contributed by atoms with Crippen molar-refractivity contribution in [2.75, 3.05) is 0 Å². The number of halogens is 1. The Bertz CT molecular complexity index is 203. The van der Waals surface area contributed by atoms with Crippen LogP contribution in [0.15, 0.2) is 23.3 Å². The fourth-order valence-electron chi connectivity index (χ4n) is 1.81. The predicted molar refractivity (Wildman–Crippen MR) is 59.9 cm³/mol. The Kier molecular flexibility index (Phi) is 4.58. The Morgan fingerprint density at radius 2 is 2.15 bits per heavy atom. The lowest BCUT2D eigenvalue weighted by Gasteiger charge is -2.21. The molecule has 0 saturated heterocycles. The molecule has 0 amide bonds. The van der Waals surface area contributed by atoms with Gasteiger partial charge in [0.25, 0.3) is 0 Å². The van der Waals surface area contributed by atoms with E-state index < -0.39 is 0 Å². The third-order valence-electron chi connectivity index (χ3n) is 2.74. The van der Waals surface area contributed by atoms with Crippen molar-refractivity contribution in [3.63, 3.8) is 0 Å². The fourth-order valence-corrected chi connectivity index (χ4v) is 2.08. The number of rotatable bonds is 4. The van der Waals surface area contributed by atoms with E-state index in [2.05, 4.69) is 26.0 Å². The van der Waals surface area contributed by atoms with Gasteiger partial charge in [-0.05, 0) is 24.3 Å². The first kappa shape index (κ1) is 10.8. The highest BCUT2D eigenvalue weighted by atomic mass is 35.5. The average Bonchev–Trinajstić information content (AvgIpc) is 2.09. The molecule has 13 heavy (non-hydrogen) atoms. The summed E-state index contributed by atoms with van der Waals surface area (Å²) in [5.41, 5.74) is 0. The molecule has 0 bridgehead atoms. The Balaban J connectivity index is 2.32. The molecule has 0 radical (unpaired) electrons. The second kappa shape index (κ2) is 5.49. The predicted octanol–water partition coefficient (Wildman–Crippen LogP) is 4.51. The third-order valence-corrected chi connectivity index (χ3v) is 2.99. The topological polar surface area (TPSA) is 0 Å². The maximum Gasteiger partial charge on any atom is 0.0365 e. The van der Waals surface area contributed by atoms with Crippen LogP contribution in [0.2, 0.25) is 0 Å². The molecule has 1 aliphatic carbocycles. The van der Waals surface area contributed by atoms with Crippen molar-refractivity contribution in [3.05, 3.63) is 23.3 Å². The van der Waals surface area contributed by atoms with Crippen LogP contribution in [0.4, 0.5) is 0 Å². The van der Waals surface area contributed by atoms with Gasteiger partial charge >= 0.3 is 0 Å². The largest absolute Gasteiger partial charge is 0.0847 e. The summed E-state index contributed by atoms with van der Waals surface area (Å²) in [6.45, 7) is 4.50. The molecular weight excluding hydrogens is 180 g/mol. The highest BCUT2D eigenvalue weighted by Gasteiger charge is 2.15. The molecule has 0 fully saturated rings. The minimum atomic E-state index is 0.620. The summed E-state index contributed by atoms with van der Waals surface area (Å²) in [7, 11) is 0. The summed E-state index contributed by atoms with van der Waals surface area (Å²) >= 11 is 5.91. The number of allylic oxidation sites excluding steroid dienone is 4. The minimum absolute atomic E-state index is 0.620. The van der Waals surface area contributed by atoms with Crippen molar-refractivity contribution in [1.29, 1.82) is 0 Å². The van der Waals surface area contributed by atoms with E-state index in [-0.39, 0.29) is 0 Å². The van der Waals surface area contributed by atoms with Gasteiger partial charge in [0.15, 0.2) is 0 Å². The van der Waals surface area contributed by atoms with Crippen molar-refractivity contribution < 1.29 is 0 Å². The zero-order valence-electron chi connectivity index (χ0n) is 8.59. The first-order chi connectivity index (χ1) is 6.24. The summed E-state index contributed by atoms with van der Waals surface area (Å²) in [4.78, 5) is 0. The third kappa shape index (κ3) is 3.56. The molecule has 1 aliphatic rings. The van der Waals surface area contributed by atoms with Gasteiger partial charge in [-0.2, -0.15) is 0 Å². The summed E-state index contributed by atoms with van der Waals surface area (Å²) < 4.78 is 0. The first-order valence-corrected chi connectivity index (χ1v) is 5.67. The summed E-state index contributed by atoms with van der Waals surface area (Å²) in [6.07, 6.45) is 11.8. The van der Waals surface area contributed by atoms with Gasteiger partial charge < -0.3 is 0 Å². The van der Waals surface area contributed by atoms with Crippen molar-refractivity contribution in [3.8, 4) is 0 Å². The van der Waals surface area contributed by atoms with Gasteiger partial charge in [0, 0.05) is 5.03 Å². The minimum Gasteiger partial charge on any atom is -0.0847 e. The number of hydrogen-bond acceptors (Lipinski definition) is 0. The standard InChI is InChI=1S/C12H19Cl/c1-3-4-5-6-11-7-8-12(13)9-10(11)2/h7-11H,3-6H2,1-2H3. The SMILES string of the molecule is CCCCCC1C=CC(Cl)=CC1C. The van der Waals surface area contributed by atoms with Gasteiger partial charge in [-0.1, -0.05) is 56.9 Å². The first-order valence-electron chi connectivity index (χ1n) is 5.29. The van der Waals surface area contributed by atoms with Crippen LogP contribution in [0.3, 0.4) is 0 Å². The van der Waals surface area contributed by atoms with Gasteiger partial charge in [-0.3, -0.25) is 0 Å². The fraction of sp³-hybridized carbons (Fsp3) is 0.667. The van der Waals surface area contributed by atoms with E-state index in [1.54, 1.807) is 0 Å². The van der Waals surface area contributed by atoms with E-state index in [1.165, 1.54) is 25.7 Å². The van der Waals surface area contributed by atoms with Crippen LogP contribution in [-0.2, 0) is 0 Å². The van der Waals surface area contributed by atoms with E-state index in [0.29, 0.717) is 11.8 Å². The van der Waals surface area contributed by atoms with Crippen LogP contribution in [0, 0.1) is 11.8 Å². The van der Waals surface area contributed by atoms with Gasteiger partial charge in [-0.25, -0.2) is 0 Å². The van der Waals surface area contributed by atoms with E-state index in [0.717, 1.165) is 5.03 Å². The maximum atomic E-state index is 5.91. The van der Waals surface area contributed by atoms with Crippen molar-refractivity contribution >= 4 is 11.6 Å². The number of hydrogen-bond donors (Lipinski definition) is 0.